The van der Waals surface area contributed by atoms with Crippen LogP contribution in [0.5, 0.6) is 5.88 Å². The van der Waals surface area contributed by atoms with Crippen molar-refractivity contribution in [2.75, 3.05) is 36.4 Å². The van der Waals surface area contributed by atoms with Gasteiger partial charge in [-0.15, -0.1) is 10.2 Å². The minimum absolute atomic E-state index is 0.0507. The summed E-state index contributed by atoms with van der Waals surface area (Å²) >= 11 is 0. The summed E-state index contributed by atoms with van der Waals surface area (Å²) in [7, 11) is 0. The smallest absolute Gasteiger partial charge is 0.389 e. The predicted molar refractivity (Wildman–Crippen MR) is 122 cm³/mol. The van der Waals surface area contributed by atoms with Crippen molar-refractivity contribution < 1.29 is 27.5 Å². The summed E-state index contributed by atoms with van der Waals surface area (Å²) in [6.45, 7) is 1.08. The van der Waals surface area contributed by atoms with Gasteiger partial charge in [-0.1, -0.05) is 18.2 Å². The second-order valence-corrected chi connectivity index (χ2v) is 7.76. The summed E-state index contributed by atoms with van der Waals surface area (Å²) in [5.41, 5.74) is -0.574. The van der Waals surface area contributed by atoms with Gasteiger partial charge in [0.2, 0.25) is 5.88 Å². The Bertz CT molecular complexity index is 1300. The zero-order chi connectivity index (χ0) is 25.7. The molecule has 0 radical (unpaired) electrons. The Labute approximate surface area is 203 Å². The third kappa shape index (κ3) is 5.69. The maximum absolute atomic E-state index is 13.3. The van der Waals surface area contributed by atoms with Crippen molar-refractivity contribution in [2.45, 2.75) is 6.18 Å². The summed E-state index contributed by atoms with van der Waals surface area (Å²) in [6, 6.07) is 16.0. The molecule has 0 spiro atoms. The number of benzene rings is 2. The second kappa shape index (κ2) is 10.3. The van der Waals surface area contributed by atoms with Crippen LogP contribution in [0.4, 0.5) is 29.5 Å². The lowest BCUT2D eigenvalue weighted by atomic mass is 10.1. The van der Waals surface area contributed by atoms with Crippen LogP contribution in [0.2, 0.25) is 0 Å². The van der Waals surface area contributed by atoms with Crippen LogP contribution >= 0.6 is 0 Å². The van der Waals surface area contributed by atoms with Crippen LogP contribution in [0.1, 0.15) is 21.5 Å². The average Bonchev–Trinajstić information content (AvgIpc) is 2.88. The lowest BCUT2D eigenvalue weighted by Crippen LogP contribution is -2.49. The number of nitriles is 1. The molecular formula is C24H19F3N6O3. The highest BCUT2D eigenvalue weighted by Gasteiger charge is 2.36. The highest BCUT2D eigenvalue weighted by atomic mass is 19.4. The predicted octanol–water partition coefficient (Wildman–Crippen LogP) is 3.94. The summed E-state index contributed by atoms with van der Waals surface area (Å²) < 4.78 is 44.9. The molecule has 36 heavy (non-hydrogen) atoms. The zero-order valence-corrected chi connectivity index (χ0v) is 18.7. The van der Waals surface area contributed by atoms with Gasteiger partial charge in [0.25, 0.3) is 5.91 Å². The van der Waals surface area contributed by atoms with Crippen LogP contribution in [0.15, 0.2) is 60.7 Å². The number of nitrogens with one attached hydrogen (secondary N) is 1. The van der Waals surface area contributed by atoms with Crippen LogP contribution < -0.4 is 15.0 Å². The number of carbonyl (C=O) groups is 2. The Morgan fingerprint density at radius 3 is 2.39 bits per heavy atom. The monoisotopic (exact) mass is 496 g/mol. The van der Waals surface area contributed by atoms with Gasteiger partial charge in [0, 0.05) is 37.9 Å². The average molecular weight is 496 g/mol. The van der Waals surface area contributed by atoms with Crippen molar-refractivity contribution in [3.05, 3.63) is 77.4 Å². The number of hydrogen-bond acceptors (Lipinski definition) is 7. The first-order chi connectivity index (χ1) is 17.2. The van der Waals surface area contributed by atoms with E-state index in [0.717, 1.165) is 6.07 Å². The van der Waals surface area contributed by atoms with Gasteiger partial charge in [-0.05, 0) is 36.4 Å². The van der Waals surface area contributed by atoms with Gasteiger partial charge < -0.3 is 14.5 Å². The molecule has 12 heteroatoms. The molecular weight excluding hydrogens is 477 g/mol. The molecule has 0 bridgehead atoms. The highest BCUT2D eigenvalue weighted by Crippen LogP contribution is 2.32. The fourth-order valence-corrected chi connectivity index (χ4v) is 3.67. The highest BCUT2D eigenvalue weighted by molar-refractivity contribution is 5.96. The van der Waals surface area contributed by atoms with E-state index in [1.54, 1.807) is 24.3 Å². The molecule has 0 saturated carbocycles. The molecule has 1 aliphatic rings. The molecule has 1 fully saturated rings. The molecule has 1 aromatic heterocycles. The number of piperazine rings is 1. The molecule has 1 saturated heterocycles. The first-order valence-electron chi connectivity index (χ1n) is 10.8. The first-order valence-corrected chi connectivity index (χ1v) is 10.8. The van der Waals surface area contributed by atoms with Gasteiger partial charge in [0.1, 0.15) is 0 Å². The van der Waals surface area contributed by atoms with Crippen LogP contribution in [0.25, 0.3) is 0 Å². The Balaban J connectivity index is 1.33. The molecule has 1 aliphatic heterocycles. The third-order valence-corrected chi connectivity index (χ3v) is 5.42. The molecule has 1 N–H and O–H groups in total. The van der Waals surface area contributed by atoms with Gasteiger partial charge >= 0.3 is 12.3 Å². The van der Waals surface area contributed by atoms with Crippen molar-refractivity contribution in [1.82, 2.24) is 15.1 Å². The number of aromatic nitrogens is 2. The number of carbonyl (C=O) groups excluding carboxylic acids is 2. The fraction of sp³-hybridized carbons (Fsp3) is 0.208. The molecule has 4 rings (SSSR count). The van der Waals surface area contributed by atoms with Crippen molar-refractivity contribution in [2.24, 2.45) is 0 Å². The topological polar surface area (TPSA) is 111 Å². The van der Waals surface area contributed by atoms with Crippen LogP contribution in [0, 0.1) is 11.3 Å². The molecule has 0 atom stereocenters. The van der Waals surface area contributed by atoms with E-state index in [1.807, 2.05) is 11.0 Å². The van der Waals surface area contributed by atoms with Gasteiger partial charge in [-0.2, -0.15) is 18.4 Å². The van der Waals surface area contributed by atoms with Crippen molar-refractivity contribution in [3.8, 4) is 11.9 Å². The van der Waals surface area contributed by atoms with Crippen molar-refractivity contribution >= 4 is 23.5 Å². The molecule has 184 valence electrons. The van der Waals surface area contributed by atoms with Gasteiger partial charge in [0.05, 0.1) is 22.8 Å². The lowest BCUT2D eigenvalue weighted by molar-refractivity contribution is -0.138. The van der Waals surface area contributed by atoms with E-state index >= 15 is 0 Å². The van der Waals surface area contributed by atoms with E-state index in [2.05, 4.69) is 15.5 Å². The second-order valence-electron chi connectivity index (χ2n) is 7.76. The largest absolute Gasteiger partial charge is 0.418 e. The van der Waals surface area contributed by atoms with Crippen LogP contribution in [-0.4, -0.2) is 53.3 Å². The summed E-state index contributed by atoms with van der Waals surface area (Å²) in [5, 5.41) is 19.3. The number of amides is 2. The van der Waals surface area contributed by atoms with Gasteiger partial charge in [-0.3, -0.25) is 10.1 Å². The quantitative estimate of drug-likeness (QED) is 0.582. The van der Waals surface area contributed by atoms with Crippen molar-refractivity contribution in [3.63, 3.8) is 0 Å². The molecule has 2 heterocycles. The molecule has 3 aromatic rings. The van der Waals surface area contributed by atoms with E-state index in [1.165, 1.54) is 35.2 Å². The number of anilines is 2. The lowest BCUT2D eigenvalue weighted by Gasteiger charge is -2.35. The normalized spacial score (nSPS) is 13.6. The number of ether oxygens (including phenoxy) is 1. The van der Waals surface area contributed by atoms with E-state index in [0.29, 0.717) is 30.2 Å². The maximum atomic E-state index is 13.3. The molecule has 9 nitrogen and oxygen atoms in total. The summed E-state index contributed by atoms with van der Waals surface area (Å²) in [5.74, 6) is -0.263. The van der Waals surface area contributed by atoms with E-state index in [-0.39, 0.29) is 24.5 Å². The van der Waals surface area contributed by atoms with E-state index < -0.39 is 23.7 Å². The van der Waals surface area contributed by atoms with Gasteiger partial charge in [0.15, 0.2) is 5.82 Å². The maximum Gasteiger partial charge on any atom is 0.418 e. The summed E-state index contributed by atoms with van der Waals surface area (Å²) in [4.78, 5) is 28.0. The molecule has 0 aliphatic carbocycles. The number of rotatable bonds is 4. The van der Waals surface area contributed by atoms with Gasteiger partial charge in [-0.25, -0.2) is 4.79 Å². The zero-order valence-electron chi connectivity index (χ0n) is 18.7. The minimum atomic E-state index is -4.62. The van der Waals surface area contributed by atoms with Crippen LogP contribution in [-0.2, 0) is 6.18 Å². The fourth-order valence-electron chi connectivity index (χ4n) is 3.67. The number of alkyl halides is 3. The van der Waals surface area contributed by atoms with E-state index in [9.17, 15) is 22.8 Å². The minimum Gasteiger partial charge on any atom is -0.389 e. The number of nitrogens with zero attached hydrogens (tertiary/aromatic N) is 5. The molecule has 2 aromatic carbocycles. The Hall–Kier alpha value is -4.66. The summed E-state index contributed by atoms with van der Waals surface area (Å²) in [6.07, 6.45) is -5.43. The first kappa shape index (κ1) is 24.5. The number of halogens is 3. The van der Waals surface area contributed by atoms with E-state index in [4.69, 9.17) is 10.00 Å². The molecule has 2 amide bonds. The van der Waals surface area contributed by atoms with Crippen molar-refractivity contribution in [1.29, 1.82) is 5.26 Å². The standard InChI is InChI=1S/C24H19F3N6O3/c25-24(26,27)19-7-2-1-6-18(19)22(34)33-12-10-32(11-13-33)20-8-9-21(31-30-20)36-23(35)29-17-5-3-4-16(14-17)15-28/h1-9,14H,10-13H2,(H,29,35). The number of hydrogen-bond donors (Lipinski definition) is 1. The third-order valence-electron chi connectivity index (χ3n) is 5.42. The Morgan fingerprint density at radius 1 is 0.972 bits per heavy atom. The SMILES string of the molecule is N#Cc1cccc(NC(=O)Oc2ccc(N3CCN(C(=O)c4ccccc4C(F)(F)F)CC3)nn2)c1. The Morgan fingerprint density at radius 2 is 1.72 bits per heavy atom. The molecule has 0 unspecified atom stereocenters. The van der Waals surface area contributed by atoms with Crippen LogP contribution in [0.3, 0.4) is 0 Å². The Kier molecular flexibility index (Phi) is 7.00.